The summed E-state index contributed by atoms with van der Waals surface area (Å²) in [5.41, 5.74) is 0.776. The number of nitrogens with one attached hydrogen (secondary N) is 1. The third-order valence-electron chi connectivity index (χ3n) is 2.67. The van der Waals surface area contributed by atoms with Crippen LogP contribution in [0.4, 0.5) is 0 Å². The maximum Gasteiger partial charge on any atom is 0.326 e. The third kappa shape index (κ3) is 2.02. The van der Waals surface area contributed by atoms with E-state index in [1.807, 2.05) is 0 Å². The molecule has 16 heavy (non-hydrogen) atoms. The first-order chi connectivity index (χ1) is 7.58. The Bertz CT molecular complexity index is 447. The molecular weight excluding hydrogens is 230 g/mol. The molecule has 84 valence electrons. The van der Waals surface area contributed by atoms with Gasteiger partial charge in [0, 0.05) is 17.4 Å². The molecule has 1 aromatic rings. The maximum atomic E-state index is 11.2. The minimum atomic E-state index is -1.02. The van der Waals surface area contributed by atoms with Gasteiger partial charge < -0.3 is 10.4 Å². The van der Waals surface area contributed by atoms with Crippen molar-refractivity contribution in [3.05, 3.63) is 34.9 Å². The second kappa shape index (κ2) is 4.14. The Hall–Kier alpha value is -1.55. The van der Waals surface area contributed by atoms with Crippen LogP contribution in [-0.4, -0.2) is 23.0 Å². The van der Waals surface area contributed by atoms with E-state index in [1.54, 1.807) is 24.3 Å². The lowest BCUT2D eigenvalue weighted by Crippen LogP contribution is -2.36. The summed E-state index contributed by atoms with van der Waals surface area (Å²) in [5.74, 6) is -1.60. The first-order valence-corrected chi connectivity index (χ1v) is 5.23. The van der Waals surface area contributed by atoms with E-state index in [4.69, 9.17) is 16.7 Å². The summed E-state index contributed by atoms with van der Waals surface area (Å²) in [7, 11) is 0. The topological polar surface area (TPSA) is 66.4 Å². The number of hydrogen-bond donors (Lipinski definition) is 2. The molecule has 0 radical (unpaired) electrons. The number of benzene rings is 1. The summed E-state index contributed by atoms with van der Waals surface area (Å²) < 4.78 is 0. The normalized spacial score (nSPS) is 24.2. The number of halogens is 1. The summed E-state index contributed by atoms with van der Waals surface area (Å²) in [6.45, 7) is 0. The first-order valence-electron chi connectivity index (χ1n) is 4.85. The summed E-state index contributed by atoms with van der Waals surface area (Å²) in [6, 6.07) is 6.09. The smallest absolute Gasteiger partial charge is 0.326 e. The molecule has 1 heterocycles. The monoisotopic (exact) mass is 239 g/mol. The highest BCUT2D eigenvalue weighted by molar-refractivity contribution is 6.30. The summed E-state index contributed by atoms with van der Waals surface area (Å²) in [5, 5.41) is 12.0. The van der Waals surface area contributed by atoms with Gasteiger partial charge in [0.1, 0.15) is 6.04 Å². The van der Waals surface area contributed by atoms with Crippen LogP contribution >= 0.6 is 11.6 Å². The van der Waals surface area contributed by atoms with Gasteiger partial charge in [-0.15, -0.1) is 0 Å². The van der Waals surface area contributed by atoms with E-state index >= 15 is 0 Å². The molecule has 1 amide bonds. The van der Waals surface area contributed by atoms with E-state index in [0.717, 1.165) is 5.56 Å². The minimum absolute atomic E-state index is 0.192. The van der Waals surface area contributed by atoms with Gasteiger partial charge in [0.2, 0.25) is 5.91 Å². The number of amides is 1. The van der Waals surface area contributed by atoms with E-state index < -0.39 is 12.0 Å². The van der Waals surface area contributed by atoms with Crippen LogP contribution in [0.1, 0.15) is 17.9 Å². The number of carboxylic acid groups (broad SMARTS) is 1. The van der Waals surface area contributed by atoms with Gasteiger partial charge in [-0.1, -0.05) is 23.7 Å². The molecule has 4 nitrogen and oxygen atoms in total. The predicted molar refractivity (Wildman–Crippen MR) is 58.4 cm³/mol. The van der Waals surface area contributed by atoms with Gasteiger partial charge in [0.25, 0.3) is 0 Å². The molecule has 2 rings (SSSR count). The molecule has 1 saturated heterocycles. The Morgan fingerprint density at radius 1 is 1.50 bits per heavy atom. The molecule has 1 aromatic carbocycles. The number of carbonyl (C=O) groups is 2. The van der Waals surface area contributed by atoms with Crippen LogP contribution in [-0.2, 0) is 9.59 Å². The summed E-state index contributed by atoms with van der Waals surface area (Å²) in [6.07, 6.45) is 0.192. The van der Waals surface area contributed by atoms with Gasteiger partial charge in [-0.2, -0.15) is 0 Å². The van der Waals surface area contributed by atoms with Gasteiger partial charge in [0.15, 0.2) is 0 Å². The average Bonchev–Trinajstić information content (AvgIpc) is 2.60. The van der Waals surface area contributed by atoms with Crippen molar-refractivity contribution in [2.45, 2.75) is 18.4 Å². The van der Waals surface area contributed by atoms with Crippen molar-refractivity contribution in [2.75, 3.05) is 0 Å². The fraction of sp³-hybridized carbons (Fsp3) is 0.273. The van der Waals surface area contributed by atoms with Crippen molar-refractivity contribution in [1.82, 2.24) is 5.32 Å². The van der Waals surface area contributed by atoms with Crippen molar-refractivity contribution in [3.8, 4) is 0 Å². The number of carbonyl (C=O) groups excluding carboxylic acids is 1. The highest BCUT2D eigenvalue weighted by Crippen LogP contribution is 2.29. The van der Waals surface area contributed by atoms with E-state index in [9.17, 15) is 9.59 Å². The number of hydrogen-bond acceptors (Lipinski definition) is 2. The molecule has 0 aromatic heterocycles. The second-order valence-electron chi connectivity index (χ2n) is 3.75. The van der Waals surface area contributed by atoms with Crippen molar-refractivity contribution in [3.63, 3.8) is 0 Å². The minimum Gasteiger partial charge on any atom is -0.480 e. The second-order valence-corrected chi connectivity index (χ2v) is 4.19. The summed E-state index contributed by atoms with van der Waals surface area (Å²) in [4.78, 5) is 22.2. The fourth-order valence-corrected chi connectivity index (χ4v) is 2.13. The van der Waals surface area contributed by atoms with E-state index in [0.29, 0.717) is 5.02 Å². The van der Waals surface area contributed by atoms with Crippen LogP contribution in [0.25, 0.3) is 0 Å². The standard InChI is InChI=1S/C11H10ClNO3/c12-7-3-1-2-6(4-7)8-5-9(14)13-10(8)11(15)16/h1-4,8,10H,5H2,(H,13,14)(H,15,16)/t8-,10+/m1/s1. The van der Waals surface area contributed by atoms with Crippen LogP contribution in [0, 0.1) is 0 Å². The van der Waals surface area contributed by atoms with E-state index in [-0.39, 0.29) is 18.2 Å². The molecule has 2 N–H and O–H groups in total. The van der Waals surface area contributed by atoms with Crippen molar-refractivity contribution >= 4 is 23.5 Å². The number of rotatable bonds is 2. The predicted octanol–water partition coefficient (Wildman–Crippen LogP) is 1.40. The highest BCUT2D eigenvalue weighted by atomic mass is 35.5. The lowest BCUT2D eigenvalue weighted by Gasteiger charge is -2.14. The van der Waals surface area contributed by atoms with Crippen LogP contribution in [0.2, 0.25) is 5.02 Å². The molecule has 0 unspecified atom stereocenters. The van der Waals surface area contributed by atoms with Gasteiger partial charge in [-0.3, -0.25) is 4.79 Å². The molecule has 5 heteroatoms. The van der Waals surface area contributed by atoms with Gasteiger partial charge in [-0.25, -0.2) is 4.79 Å². The molecule has 1 aliphatic rings. The number of carboxylic acids is 1. The van der Waals surface area contributed by atoms with Crippen molar-refractivity contribution in [2.24, 2.45) is 0 Å². The van der Waals surface area contributed by atoms with Crippen molar-refractivity contribution in [1.29, 1.82) is 0 Å². The fourth-order valence-electron chi connectivity index (χ4n) is 1.93. The molecule has 0 spiro atoms. The molecule has 0 saturated carbocycles. The summed E-state index contributed by atoms with van der Waals surface area (Å²) >= 11 is 5.83. The quantitative estimate of drug-likeness (QED) is 0.820. The molecule has 0 aliphatic carbocycles. The van der Waals surface area contributed by atoms with Gasteiger partial charge >= 0.3 is 5.97 Å². The lowest BCUT2D eigenvalue weighted by molar-refractivity contribution is -0.140. The van der Waals surface area contributed by atoms with Crippen LogP contribution in [0.3, 0.4) is 0 Å². The Morgan fingerprint density at radius 2 is 2.25 bits per heavy atom. The first kappa shape index (κ1) is 11.0. The Balaban J connectivity index is 2.32. The largest absolute Gasteiger partial charge is 0.480 e. The molecule has 1 fully saturated rings. The third-order valence-corrected chi connectivity index (χ3v) is 2.90. The zero-order valence-electron chi connectivity index (χ0n) is 8.31. The Morgan fingerprint density at radius 3 is 2.88 bits per heavy atom. The van der Waals surface area contributed by atoms with Gasteiger partial charge in [0.05, 0.1) is 0 Å². The Kier molecular flexibility index (Phi) is 2.83. The van der Waals surface area contributed by atoms with Crippen LogP contribution in [0.15, 0.2) is 24.3 Å². The average molecular weight is 240 g/mol. The van der Waals surface area contributed by atoms with Crippen molar-refractivity contribution < 1.29 is 14.7 Å². The molecule has 2 atom stereocenters. The lowest BCUT2D eigenvalue weighted by atomic mass is 9.92. The molecule has 0 bridgehead atoms. The number of aliphatic carboxylic acids is 1. The highest BCUT2D eigenvalue weighted by Gasteiger charge is 2.38. The van der Waals surface area contributed by atoms with E-state index in [2.05, 4.69) is 5.32 Å². The maximum absolute atomic E-state index is 11.2. The van der Waals surface area contributed by atoms with Crippen LogP contribution in [0.5, 0.6) is 0 Å². The zero-order chi connectivity index (χ0) is 11.7. The Labute approximate surface area is 97.2 Å². The zero-order valence-corrected chi connectivity index (χ0v) is 9.07. The molecular formula is C11H10ClNO3. The molecule has 1 aliphatic heterocycles. The van der Waals surface area contributed by atoms with Crippen LogP contribution < -0.4 is 5.32 Å². The SMILES string of the molecule is O=C1C[C@H](c2cccc(Cl)c2)[C@@H](C(=O)O)N1. The van der Waals surface area contributed by atoms with Gasteiger partial charge in [-0.05, 0) is 17.7 Å². The van der Waals surface area contributed by atoms with E-state index in [1.165, 1.54) is 0 Å².